The molecule has 1 saturated heterocycles. The molecule has 0 amide bonds. The maximum absolute atomic E-state index is 6.10. The molecule has 0 aliphatic carbocycles. The lowest BCUT2D eigenvalue weighted by atomic mass is 10.1. The van der Waals surface area contributed by atoms with Gasteiger partial charge in [-0.05, 0) is 62.0 Å². The van der Waals surface area contributed by atoms with E-state index in [0.29, 0.717) is 0 Å². The Hall–Kier alpha value is -2.07. The van der Waals surface area contributed by atoms with E-state index in [9.17, 15) is 0 Å². The van der Waals surface area contributed by atoms with Crippen molar-refractivity contribution in [2.45, 2.75) is 18.9 Å². The molecule has 1 fully saturated rings. The summed E-state index contributed by atoms with van der Waals surface area (Å²) in [5.74, 6) is 0.768. The van der Waals surface area contributed by atoms with Crippen LogP contribution in [0.4, 0.5) is 0 Å². The molecule has 1 aromatic rings. The number of rotatable bonds is 5. The van der Waals surface area contributed by atoms with Crippen molar-refractivity contribution in [2.75, 3.05) is 13.1 Å². The van der Waals surface area contributed by atoms with Crippen molar-refractivity contribution in [1.29, 1.82) is 0 Å². The molecule has 1 aliphatic rings. The fraction of sp³-hybridized carbons (Fsp3) is 0.312. The third-order valence-corrected chi connectivity index (χ3v) is 3.26. The van der Waals surface area contributed by atoms with Crippen LogP contribution in [0.15, 0.2) is 55.2 Å². The topological polar surface area (TPSA) is 60.2 Å². The number of pyridine rings is 1. The van der Waals surface area contributed by atoms with Gasteiger partial charge in [0.05, 0.1) is 0 Å². The predicted octanol–water partition coefficient (Wildman–Crippen LogP) is 2.22. The number of nitrogens with one attached hydrogen (secondary N) is 1. The number of nitrogens with two attached hydrogens (primary N) is 1. The largest absolute Gasteiger partial charge is 0.490 e. The van der Waals surface area contributed by atoms with E-state index in [1.807, 2.05) is 18.2 Å². The third-order valence-electron chi connectivity index (χ3n) is 3.26. The van der Waals surface area contributed by atoms with Gasteiger partial charge in [-0.25, -0.2) is 0 Å². The predicted molar refractivity (Wildman–Crippen MR) is 81.7 cm³/mol. The quantitative estimate of drug-likeness (QED) is 0.637. The maximum Gasteiger partial charge on any atom is 0.126 e. The van der Waals surface area contributed by atoms with Crippen LogP contribution in [-0.2, 0) is 4.74 Å². The highest BCUT2D eigenvalue weighted by atomic mass is 16.5. The maximum atomic E-state index is 6.10. The SMILES string of the molecule is C=C(/C(=C\C=C/N)OC1CCNCC1)c1ccncc1. The molecular weight excluding hydrogens is 250 g/mol. The van der Waals surface area contributed by atoms with Gasteiger partial charge in [-0.2, -0.15) is 0 Å². The summed E-state index contributed by atoms with van der Waals surface area (Å²) < 4.78 is 6.10. The van der Waals surface area contributed by atoms with Crippen molar-refractivity contribution in [2.24, 2.45) is 5.73 Å². The Morgan fingerprint density at radius 3 is 2.70 bits per heavy atom. The van der Waals surface area contributed by atoms with E-state index >= 15 is 0 Å². The molecule has 0 saturated carbocycles. The molecule has 0 radical (unpaired) electrons. The summed E-state index contributed by atoms with van der Waals surface area (Å²) in [7, 11) is 0. The molecular formula is C16H21N3O. The highest BCUT2D eigenvalue weighted by Gasteiger charge is 2.17. The minimum absolute atomic E-state index is 0.229. The number of ether oxygens (including phenoxy) is 1. The molecule has 0 spiro atoms. The minimum atomic E-state index is 0.229. The van der Waals surface area contributed by atoms with Crippen LogP contribution in [0.25, 0.3) is 5.57 Å². The Morgan fingerprint density at radius 2 is 2.05 bits per heavy atom. The number of hydrogen-bond donors (Lipinski definition) is 2. The van der Waals surface area contributed by atoms with Gasteiger partial charge in [-0.1, -0.05) is 6.58 Å². The standard InChI is InChI=1S/C16H21N3O/c1-13(14-4-9-18-10-5-14)16(3-2-8-17)20-15-6-11-19-12-7-15/h2-5,8-10,15,19H,1,6-7,11-12,17H2/b8-2-,16-3+. The summed E-state index contributed by atoms with van der Waals surface area (Å²) in [6.45, 7) is 6.12. The van der Waals surface area contributed by atoms with Gasteiger partial charge in [0.25, 0.3) is 0 Å². The summed E-state index contributed by atoms with van der Waals surface area (Å²) in [5, 5.41) is 3.33. The van der Waals surface area contributed by atoms with Gasteiger partial charge < -0.3 is 15.8 Å². The molecule has 3 N–H and O–H groups in total. The molecule has 0 atom stereocenters. The Labute approximate surface area is 120 Å². The fourth-order valence-electron chi connectivity index (χ4n) is 2.14. The second-order valence-electron chi connectivity index (χ2n) is 4.70. The fourth-order valence-corrected chi connectivity index (χ4v) is 2.14. The summed E-state index contributed by atoms with van der Waals surface area (Å²) in [5.41, 5.74) is 7.27. The summed E-state index contributed by atoms with van der Waals surface area (Å²) in [6.07, 6.45) is 10.9. The average molecular weight is 271 g/mol. The zero-order valence-electron chi connectivity index (χ0n) is 11.6. The van der Waals surface area contributed by atoms with Crippen LogP contribution in [0, 0.1) is 0 Å². The molecule has 1 aliphatic heterocycles. The molecule has 4 nitrogen and oxygen atoms in total. The van der Waals surface area contributed by atoms with Crippen LogP contribution >= 0.6 is 0 Å². The average Bonchev–Trinajstić information content (AvgIpc) is 2.52. The molecule has 0 aromatic carbocycles. The van der Waals surface area contributed by atoms with Crippen LogP contribution < -0.4 is 11.1 Å². The highest BCUT2D eigenvalue weighted by Crippen LogP contribution is 2.25. The first-order valence-electron chi connectivity index (χ1n) is 6.87. The molecule has 4 heteroatoms. The normalized spacial score (nSPS) is 17.3. The molecule has 0 unspecified atom stereocenters. The van der Waals surface area contributed by atoms with Gasteiger partial charge >= 0.3 is 0 Å². The highest BCUT2D eigenvalue weighted by molar-refractivity contribution is 5.75. The zero-order valence-corrected chi connectivity index (χ0v) is 11.6. The Balaban J connectivity index is 2.13. The van der Waals surface area contributed by atoms with Crippen molar-refractivity contribution < 1.29 is 4.74 Å². The van der Waals surface area contributed by atoms with Gasteiger partial charge in [0, 0.05) is 18.0 Å². The van der Waals surface area contributed by atoms with Crippen LogP contribution in [0.2, 0.25) is 0 Å². The first-order valence-corrected chi connectivity index (χ1v) is 6.87. The van der Waals surface area contributed by atoms with Gasteiger partial charge in [0.15, 0.2) is 0 Å². The lowest BCUT2D eigenvalue weighted by Gasteiger charge is -2.26. The lowest BCUT2D eigenvalue weighted by molar-refractivity contribution is 0.0983. The summed E-state index contributed by atoms with van der Waals surface area (Å²) >= 11 is 0. The van der Waals surface area contributed by atoms with Crippen LogP contribution in [-0.4, -0.2) is 24.2 Å². The monoisotopic (exact) mass is 271 g/mol. The molecule has 106 valence electrons. The van der Waals surface area contributed by atoms with Gasteiger partial charge in [0.1, 0.15) is 11.9 Å². The van der Waals surface area contributed by atoms with E-state index in [1.165, 1.54) is 6.20 Å². The van der Waals surface area contributed by atoms with E-state index in [1.54, 1.807) is 18.5 Å². The molecule has 2 heterocycles. The van der Waals surface area contributed by atoms with Crippen LogP contribution in [0.1, 0.15) is 18.4 Å². The molecule has 1 aromatic heterocycles. The number of allylic oxidation sites excluding steroid dienone is 3. The lowest BCUT2D eigenvalue weighted by Crippen LogP contribution is -2.32. The van der Waals surface area contributed by atoms with Gasteiger partial charge in [0.2, 0.25) is 0 Å². The Morgan fingerprint density at radius 1 is 1.35 bits per heavy atom. The first-order chi connectivity index (χ1) is 9.81. The molecule has 0 bridgehead atoms. The number of hydrogen-bond acceptors (Lipinski definition) is 4. The van der Waals surface area contributed by atoms with E-state index in [4.69, 9.17) is 10.5 Å². The van der Waals surface area contributed by atoms with E-state index in [2.05, 4.69) is 16.9 Å². The number of nitrogens with zero attached hydrogens (tertiary/aromatic N) is 1. The minimum Gasteiger partial charge on any atom is -0.490 e. The van der Waals surface area contributed by atoms with Gasteiger partial charge in [-0.3, -0.25) is 4.98 Å². The van der Waals surface area contributed by atoms with Crippen molar-refractivity contribution in [1.82, 2.24) is 10.3 Å². The molecule has 2 rings (SSSR count). The van der Waals surface area contributed by atoms with Crippen molar-refractivity contribution >= 4 is 5.57 Å². The van der Waals surface area contributed by atoms with E-state index in [-0.39, 0.29) is 6.10 Å². The number of piperidine rings is 1. The van der Waals surface area contributed by atoms with Crippen LogP contribution in [0.3, 0.4) is 0 Å². The Kier molecular flexibility index (Phi) is 5.38. The first kappa shape index (κ1) is 14.3. The van der Waals surface area contributed by atoms with Crippen molar-refractivity contribution in [3.63, 3.8) is 0 Å². The molecule has 20 heavy (non-hydrogen) atoms. The van der Waals surface area contributed by atoms with Gasteiger partial charge in [-0.15, -0.1) is 0 Å². The summed E-state index contributed by atoms with van der Waals surface area (Å²) in [6, 6.07) is 3.85. The van der Waals surface area contributed by atoms with E-state index < -0.39 is 0 Å². The van der Waals surface area contributed by atoms with Crippen LogP contribution in [0.5, 0.6) is 0 Å². The number of aromatic nitrogens is 1. The second kappa shape index (κ2) is 7.50. The summed E-state index contributed by atoms with van der Waals surface area (Å²) in [4.78, 5) is 4.02. The zero-order chi connectivity index (χ0) is 14.2. The van der Waals surface area contributed by atoms with E-state index in [0.717, 1.165) is 42.8 Å². The van der Waals surface area contributed by atoms with Crippen molar-refractivity contribution in [3.8, 4) is 0 Å². The second-order valence-corrected chi connectivity index (χ2v) is 4.70. The smallest absolute Gasteiger partial charge is 0.126 e. The third kappa shape index (κ3) is 3.96. The van der Waals surface area contributed by atoms with Crippen molar-refractivity contribution in [3.05, 3.63) is 60.8 Å². The Bertz CT molecular complexity index is 488.